The third-order valence-electron chi connectivity index (χ3n) is 1.86. The average Bonchev–Trinajstić information content (AvgIpc) is 2.49. The van der Waals surface area contributed by atoms with E-state index in [-0.39, 0.29) is 12.8 Å². The smallest absolute Gasteiger partial charge is 0.136 e. The Morgan fingerprint density at radius 3 is 1.17 bits per heavy atom. The van der Waals surface area contributed by atoms with Crippen molar-refractivity contribution in [3.8, 4) is 0 Å². The minimum absolute atomic E-state index is 0.0694. The summed E-state index contributed by atoms with van der Waals surface area (Å²) in [5.74, 6) is 0. The molecule has 0 atom stereocenters. The molecule has 0 nitrogen and oxygen atoms in total. The van der Waals surface area contributed by atoms with Gasteiger partial charge in [0.15, 0.2) is 0 Å². The minimum Gasteiger partial charge on any atom is -0.239 e. The highest BCUT2D eigenvalue weighted by atomic mass is 19.2. The first-order chi connectivity index (χ1) is 5.62. The number of hydrogen-bond donors (Lipinski definition) is 0. The average molecular weight is 176 g/mol. The molecule has 1 fully saturated rings. The Balaban J connectivity index is 0.000000269. The standard InChI is InChI=1S/C6H6F2.2C2H6/c7-5-1-2-6(8,3-5)4-5;2*1-2/h1-2H,3-4H2;2*1-2H3. The van der Waals surface area contributed by atoms with E-state index in [1.165, 1.54) is 12.2 Å². The van der Waals surface area contributed by atoms with E-state index < -0.39 is 11.3 Å². The highest BCUT2D eigenvalue weighted by molar-refractivity contribution is 5.31. The van der Waals surface area contributed by atoms with E-state index in [1.54, 1.807) is 0 Å². The van der Waals surface area contributed by atoms with Crippen molar-refractivity contribution in [2.24, 2.45) is 0 Å². The van der Waals surface area contributed by atoms with Gasteiger partial charge in [-0.2, -0.15) is 0 Å². The van der Waals surface area contributed by atoms with Crippen LogP contribution in [0.2, 0.25) is 0 Å². The molecule has 0 aliphatic heterocycles. The number of rotatable bonds is 0. The lowest BCUT2D eigenvalue weighted by Crippen LogP contribution is -2.42. The van der Waals surface area contributed by atoms with Gasteiger partial charge in [0.1, 0.15) is 11.3 Å². The fourth-order valence-electron chi connectivity index (χ4n) is 1.46. The highest BCUT2D eigenvalue weighted by Crippen LogP contribution is 2.54. The van der Waals surface area contributed by atoms with E-state index >= 15 is 0 Å². The van der Waals surface area contributed by atoms with Crippen molar-refractivity contribution in [3.63, 3.8) is 0 Å². The predicted octanol–water partition coefficient (Wildman–Crippen LogP) is 3.82. The molecule has 2 bridgehead atoms. The monoisotopic (exact) mass is 176 g/mol. The molecule has 3 aliphatic carbocycles. The lowest BCUT2D eigenvalue weighted by molar-refractivity contribution is -0.000763. The normalized spacial score (nSPS) is 40.2. The summed E-state index contributed by atoms with van der Waals surface area (Å²) in [4.78, 5) is 0. The SMILES string of the molecule is CC.CC.FC12C=CC(F)(C1)C2. The summed E-state index contributed by atoms with van der Waals surface area (Å²) in [6.45, 7) is 8.00. The quantitative estimate of drug-likeness (QED) is 0.492. The lowest BCUT2D eigenvalue weighted by Gasteiger charge is -2.35. The van der Waals surface area contributed by atoms with Crippen molar-refractivity contribution in [1.82, 2.24) is 0 Å². The maximum atomic E-state index is 12.6. The van der Waals surface area contributed by atoms with Crippen molar-refractivity contribution >= 4 is 0 Å². The molecule has 12 heavy (non-hydrogen) atoms. The second-order valence-corrected chi connectivity index (χ2v) is 2.76. The number of allylic oxidation sites excluding steroid dienone is 2. The molecule has 0 radical (unpaired) electrons. The first-order valence-electron chi connectivity index (χ1n) is 4.70. The zero-order chi connectivity index (χ0) is 9.83. The fraction of sp³-hybridized carbons (Fsp3) is 0.800. The Morgan fingerprint density at radius 1 is 0.833 bits per heavy atom. The van der Waals surface area contributed by atoms with Crippen LogP contribution in [0.15, 0.2) is 12.2 Å². The van der Waals surface area contributed by atoms with Gasteiger partial charge in [0.05, 0.1) is 0 Å². The first kappa shape index (κ1) is 11.6. The van der Waals surface area contributed by atoms with Crippen LogP contribution in [-0.4, -0.2) is 11.3 Å². The molecule has 0 heterocycles. The van der Waals surface area contributed by atoms with Crippen molar-refractivity contribution in [2.45, 2.75) is 51.9 Å². The molecule has 0 aromatic carbocycles. The predicted molar refractivity (Wildman–Crippen MR) is 48.7 cm³/mol. The van der Waals surface area contributed by atoms with Gasteiger partial charge in [-0.1, -0.05) is 27.7 Å². The topological polar surface area (TPSA) is 0 Å². The third-order valence-corrected chi connectivity index (χ3v) is 1.86. The Hall–Kier alpha value is -0.400. The van der Waals surface area contributed by atoms with Gasteiger partial charge in [-0.25, -0.2) is 8.78 Å². The second-order valence-electron chi connectivity index (χ2n) is 2.76. The molecule has 3 rings (SSSR count). The molecular weight excluding hydrogens is 158 g/mol. The number of hydrogen-bond acceptors (Lipinski definition) is 0. The second kappa shape index (κ2) is 4.01. The summed E-state index contributed by atoms with van der Waals surface area (Å²) in [6, 6.07) is 0. The summed E-state index contributed by atoms with van der Waals surface area (Å²) in [6.07, 6.45) is 2.82. The molecule has 2 heteroatoms. The third kappa shape index (κ3) is 2.05. The van der Waals surface area contributed by atoms with E-state index in [0.717, 1.165) is 0 Å². The molecule has 0 aromatic heterocycles. The van der Waals surface area contributed by atoms with Crippen LogP contribution in [0.25, 0.3) is 0 Å². The van der Waals surface area contributed by atoms with Crippen molar-refractivity contribution in [1.29, 1.82) is 0 Å². The van der Waals surface area contributed by atoms with Gasteiger partial charge in [0.25, 0.3) is 0 Å². The van der Waals surface area contributed by atoms with Gasteiger partial charge < -0.3 is 0 Å². The summed E-state index contributed by atoms with van der Waals surface area (Å²) in [5.41, 5.74) is -2.51. The molecule has 0 aromatic rings. The van der Waals surface area contributed by atoms with Gasteiger partial charge in [-0.15, -0.1) is 0 Å². The fourth-order valence-corrected chi connectivity index (χ4v) is 1.46. The first-order valence-corrected chi connectivity index (χ1v) is 4.70. The molecule has 0 amide bonds. The molecule has 0 saturated heterocycles. The summed E-state index contributed by atoms with van der Waals surface area (Å²) in [7, 11) is 0. The maximum absolute atomic E-state index is 12.6. The molecule has 1 saturated carbocycles. The van der Waals surface area contributed by atoms with E-state index in [2.05, 4.69) is 0 Å². The van der Waals surface area contributed by atoms with E-state index in [4.69, 9.17) is 0 Å². The van der Waals surface area contributed by atoms with Crippen LogP contribution in [0, 0.1) is 0 Å². The largest absolute Gasteiger partial charge is 0.239 e. The molecule has 0 unspecified atom stereocenters. The Kier molecular flexibility index (Phi) is 3.88. The van der Waals surface area contributed by atoms with Gasteiger partial charge in [0.2, 0.25) is 0 Å². The number of halogens is 2. The van der Waals surface area contributed by atoms with Crippen LogP contribution in [0.5, 0.6) is 0 Å². The van der Waals surface area contributed by atoms with Gasteiger partial charge in [0, 0.05) is 12.8 Å². The van der Waals surface area contributed by atoms with Crippen LogP contribution in [0.1, 0.15) is 40.5 Å². The van der Waals surface area contributed by atoms with Crippen LogP contribution < -0.4 is 0 Å². The molecule has 3 aliphatic rings. The van der Waals surface area contributed by atoms with Crippen LogP contribution in [-0.2, 0) is 0 Å². The van der Waals surface area contributed by atoms with Crippen molar-refractivity contribution in [2.75, 3.05) is 0 Å². The van der Waals surface area contributed by atoms with Crippen LogP contribution in [0.3, 0.4) is 0 Å². The summed E-state index contributed by atoms with van der Waals surface area (Å²) in [5, 5.41) is 0. The Bertz CT molecular complexity index is 139. The zero-order valence-corrected chi connectivity index (χ0v) is 8.32. The van der Waals surface area contributed by atoms with E-state index in [1.807, 2.05) is 27.7 Å². The Morgan fingerprint density at radius 2 is 1.08 bits per heavy atom. The molecule has 0 N–H and O–H groups in total. The summed E-state index contributed by atoms with van der Waals surface area (Å²) < 4.78 is 25.2. The highest BCUT2D eigenvalue weighted by Gasteiger charge is 2.58. The van der Waals surface area contributed by atoms with E-state index in [0.29, 0.717) is 0 Å². The lowest BCUT2D eigenvalue weighted by atomic mass is 9.78. The van der Waals surface area contributed by atoms with Gasteiger partial charge >= 0.3 is 0 Å². The van der Waals surface area contributed by atoms with Gasteiger partial charge in [-0.3, -0.25) is 0 Å². The maximum Gasteiger partial charge on any atom is 0.136 e. The summed E-state index contributed by atoms with van der Waals surface area (Å²) >= 11 is 0. The molecule has 72 valence electrons. The van der Waals surface area contributed by atoms with Gasteiger partial charge in [-0.05, 0) is 12.2 Å². The van der Waals surface area contributed by atoms with E-state index in [9.17, 15) is 8.78 Å². The number of alkyl halides is 2. The van der Waals surface area contributed by atoms with Crippen LogP contribution >= 0.6 is 0 Å². The van der Waals surface area contributed by atoms with Crippen molar-refractivity contribution < 1.29 is 8.78 Å². The molecule has 0 spiro atoms. The Labute approximate surface area is 73.7 Å². The minimum atomic E-state index is -1.26. The van der Waals surface area contributed by atoms with Crippen LogP contribution in [0.4, 0.5) is 8.78 Å². The zero-order valence-electron chi connectivity index (χ0n) is 8.32. The van der Waals surface area contributed by atoms with Crippen molar-refractivity contribution in [3.05, 3.63) is 12.2 Å². The molecular formula is C10H18F2.